The minimum Gasteiger partial charge on any atom is -0.486 e. The summed E-state index contributed by atoms with van der Waals surface area (Å²) in [6.45, 7) is 3.59. The summed E-state index contributed by atoms with van der Waals surface area (Å²) in [4.78, 5) is 22.5. The largest absolute Gasteiger partial charge is 0.486 e. The Morgan fingerprint density at radius 2 is 2.10 bits per heavy atom. The van der Waals surface area contributed by atoms with Crippen LogP contribution in [-0.2, 0) is 11.2 Å². The quantitative estimate of drug-likeness (QED) is 0.759. The molecule has 20 heavy (non-hydrogen) atoms. The third kappa shape index (κ3) is 3.47. The molecule has 0 aliphatic rings. The molecule has 1 heterocycles. The maximum absolute atomic E-state index is 11.6. The molecule has 4 heteroatoms. The van der Waals surface area contributed by atoms with Crippen LogP contribution in [0.2, 0.25) is 0 Å². The molecule has 1 aromatic heterocycles. The second kappa shape index (κ2) is 6.37. The lowest BCUT2D eigenvalue weighted by Gasteiger charge is -2.07. The van der Waals surface area contributed by atoms with E-state index in [9.17, 15) is 9.59 Å². The Bertz CT molecular complexity index is 670. The molecule has 0 bridgehead atoms. The van der Waals surface area contributed by atoms with Gasteiger partial charge in [0.2, 0.25) is 0 Å². The van der Waals surface area contributed by atoms with Crippen molar-refractivity contribution in [1.82, 2.24) is 0 Å². The van der Waals surface area contributed by atoms with Gasteiger partial charge in [-0.15, -0.1) is 0 Å². The van der Waals surface area contributed by atoms with Crippen molar-refractivity contribution >= 4 is 16.8 Å². The zero-order valence-corrected chi connectivity index (χ0v) is 11.8. The lowest BCUT2D eigenvalue weighted by Crippen LogP contribution is -2.06. The summed E-state index contributed by atoms with van der Waals surface area (Å²) in [7, 11) is 0. The molecule has 0 aliphatic carbocycles. The van der Waals surface area contributed by atoms with E-state index in [1.807, 2.05) is 6.07 Å². The Hall–Kier alpha value is -2.10. The average molecular weight is 274 g/mol. The van der Waals surface area contributed by atoms with Crippen LogP contribution in [-0.4, -0.2) is 12.4 Å². The Morgan fingerprint density at radius 3 is 2.80 bits per heavy atom. The van der Waals surface area contributed by atoms with E-state index in [0.717, 1.165) is 30.2 Å². The van der Waals surface area contributed by atoms with E-state index in [0.29, 0.717) is 11.3 Å². The van der Waals surface area contributed by atoms with Gasteiger partial charge in [0, 0.05) is 17.5 Å². The molecular weight excluding hydrogens is 256 g/mol. The van der Waals surface area contributed by atoms with Crippen molar-refractivity contribution in [2.24, 2.45) is 0 Å². The molecule has 0 saturated carbocycles. The second-order valence-corrected chi connectivity index (χ2v) is 4.84. The van der Waals surface area contributed by atoms with E-state index in [4.69, 9.17) is 9.15 Å². The summed E-state index contributed by atoms with van der Waals surface area (Å²) in [5.41, 5.74) is 1.15. The van der Waals surface area contributed by atoms with Crippen LogP contribution >= 0.6 is 0 Å². The Morgan fingerprint density at radius 1 is 1.30 bits per heavy atom. The fraction of sp³-hybridized carbons (Fsp3) is 0.375. The number of fused-ring (bicyclic) bond motifs is 1. The van der Waals surface area contributed by atoms with E-state index in [-0.39, 0.29) is 18.0 Å². The van der Waals surface area contributed by atoms with E-state index >= 15 is 0 Å². The van der Waals surface area contributed by atoms with Gasteiger partial charge in [-0.25, -0.2) is 4.79 Å². The maximum atomic E-state index is 11.6. The number of unbranched alkanes of at least 4 members (excludes halogenated alkanes) is 1. The third-order valence-corrected chi connectivity index (χ3v) is 3.04. The number of carbonyl (C=O) groups is 1. The molecule has 106 valence electrons. The highest BCUT2D eigenvalue weighted by molar-refractivity contribution is 5.82. The van der Waals surface area contributed by atoms with Crippen molar-refractivity contribution in [3.8, 4) is 5.75 Å². The number of ketones is 1. The van der Waals surface area contributed by atoms with Crippen molar-refractivity contribution in [2.45, 2.75) is 33.1 Å². The predicted octanol–water partition coefficient (Wildman–Crippen LogP) is 3.10. The first-order chi connectivity index (χ1) is 9.60. The van der Waals surface area contributed by atoms with E-state index in [1.165, 1.54) is 6.92 Å². The standard InChI is InChI=1S/C16H18O4/c1-3-4-5-12-8-16(18)20-15-9-13(6-7-14(12)15)19-10-11(2)17/h6-9H,3-5,10H2,1-2H3. The molecule has 0 amide bonds. The molecule has 0 spiro atoms. The number of aryl methyl sites for hydroxylation is 1. The normalized spacial score (nSPS) is 10.7. The fourth-order valence-electron chi connectivity index (χ4n) is 2.06. The number of ether oxygens (including phenoxy) is 1. The SMILES string of the molecule is CCCCc1cc(=O)oc2cc(OCC(C)=O)ccc12. The van der Waals surface area contributed by atoms with Crippen LogP contribution in [0, 0.1) is 0 Å². The van der Waals surface area contributed by atoms with Gasteiger partial charge in [0.25, 0.3) is 0 Å². The summed E-state index contributed by atoms with van der Waals surface area (Å²) in [5, 5.41) is 0.924. The summed E-state index contributed by atoms with van der Waals surface area (Å²) in [6.07, 6.45) is 2.95. The molecule has 0 fully saturated rings. The zero-order valence-electron chi connectivity index (χ0n) is 11.8. The fourth-order valence-corrected chi connectivity index (χ4v) is 2.06. The van der Waals surface area contributed by atoms with Crippen LogP contribution in [0.3, 0.4) is 0 Å². The van der Waals surface area contributed by atoms with Gasteiger partial charge in [0.1, 0.15) is 17.9 Å². The van der Waals surface area contributed by atoms with Crippen molar-refractivity contribution in [1.29, 1.82) is 0 Å². The van der Waals surface area contributed by atoms with E-state index in [2.05, 4.69) is 6.92 Å². The molecule has 0 saturated heterocycles. The lowest BCUT2D eigenvalue weighted by molar-refractivity contribution is -0.118. The second-order valence-electron chi connectivity index (χ2n) is 4.84. The van der Waals surface area contributed by atoms with E-state index in [1.54, 1.807) is 18.2 Å². The van der Waals surface area contributed by atoms with Crippen LogP contribution in [0.1, 0.15) is 32.3 Å². The van der Waals surface area contributed by atoms with Gasteiger partial charge in [-0.1, -0.05) is 13.3 Å². The predicted molar refractivity (Wildman–Crippen MR) is 77.3 cm³/mol. The van der Waals surface area contributed by atoms with Crippen LogP contribution < -0.4 is 10.4 Å². The van der Waals surface area contributed by atoms with Crippen molar-refractivity contribution < 1.29 is 13.9 Å². The molecule has 0 radical (unpaired) electrons. The minimum absolute atomic E-state index is 0.0191. The molecule has 0 aliphatic heterocycles. The Labute approximate surface area is 117 Å². The van der Waals surface area contributed by atoms with Crippen LogP contribution in [0.5, 0.6) is 5.75 Å². The van der Waals surface area contributed by atoms with Crippen LogP contribution in [0.25, 0.3) is 11.0 Å². The lowest BCUT2D eigenvalue weighted by atomic mass is 10.0. The minimum atomic E-state index is -0.354. The van der Waals surface area contributed by atoms with Gasteiger partial charge in [0.15, 0.2) is 5.78 Å². The number of hydrogen-bond acceptors (Lipinski definition) is 4. The first-order valence-electron chi connectivity index (χ1n) is 6.79. The number of carbonyl (C=O) groups excluding carboxylic acids is 1. The van der Waals surface area contributed by atoms with Crippen molar-refractivity contribution in [2.75, 3.05) is 6.61 Å². The van der Waals surface area contributed by atoms with Gasteiger partial charge in [0.05, 0.1) is 0 Å². The summed E-state index contributed by atoms with van der Waals surface area (Å²) in [6, 6.07) is 6.88. The molecule has 1 aromatic carbocycles. The summed E-state index contributed by atoms with van der Waals surface area (Å²) < 4.78 is 10.5. The first-order valence-corrected chi connectivity index (χ1v) is 6.79. The summed E-state index contributed by atoms with van der Waals surface area (Å²) >= 11 is 0. The highest BCUT2D eigenvalue weighted by atomic mass is 16.5. The number of hydrogen-bond donors (Lipinski definition) is 0. The smallest absolute Gasteiger partial charge is 0.336 e. The Balaban J connectivity index is 2.37. The van der Waals surface area contributed by atoms with Gasteiger partial charge in [-0.2, -0.15) is 0 Å². The number of benzene rings is 1. The van der Waals surface area contributed by atoms with Gasteiger partial charge in [-0.05, 0) is 37.5 Å². The highest BCUT2D eigenvalue weighted by Crippen LogP contribution is 2.23. The van der Waals surface area contributed by atoms with E-state index < -0.39 is 0 Å². The number of Topliss-reactive ketones (excluding diaryl/α,β-unsaturated/α-hetero) is 1. The monoisotopic (exact) mass is 274 g/mol. The topological polar surface area (TPSA) is 56.5 Å². The molecule has 4 nitrogen and oxygen atoms in total. The molecule has 2 rings (SSSR count). The average Bonchev–Trinajstić information content (AvgIpc) is 2.41. The molecule has 0 N–H and O–H groups in total. The molecule has 0 unspecified atom stereocenters. The van der Waals surface area contributed by atoms with Crippen LogP contribution in [0.4, 0.5) is 0 Å². The highest BCUT2D eigenvalue weighted by Gasteiger charge is 2.07. The van der Waals surface area contributed by atoms with Crippen LogP contribution in [0.15, 0.2) is 33.5 Å². The summed E-state index contributed by atoms with van der Waals surface area (Å²) in [5.74, 6) is 0.478. The maximum Gasteiger partial charge on any atom is 0.336 e. The molecule has 0 atom stereocenters. The van der Waals surface area contributed by atoms with Gasteiger partial charge < -0.3 is 9.15 Å². The van der Waals surface area contributed by atoms with Crippen molar-refractivity contribution in [3.63, 3.8) is 0 Å². The Kier molecular flexibility index (Phi) is 4.56. The molecule has 2 aromatic rings. The number of rotatable bonds is 6. The molecular formula is C16H18O4. The zero-order chi connectivity index (χ0) is 14.5. The van der Waals surface area contributed by atoms with Gasteiger partial charge in [-0.3, -0.25) is 4.79 Å². The van der Waals surface area contributed by atoms with Gasteiger partial charge >= 0.3 is 5.63 Å². The third-order valence-electron chi connectivity index (χ3n) is 3.04. The van der Waals surface area contributed by atoms with Crippen molar-refractivity contribution in [3.05, 3.63) is 40.2 Å². The first kappa shape index (κ1) is 14.3.